The molecule has 2 aromatic rings. The Kier molecular flexibility index (Phi) is 5.86. The van der Waals surface area contributed by atoms with Crippen LogP contribution in [0.3, 0.4) is 0 Å². The van der Waals surface area contributed by atoms with Gasteiger partial charge in [0, 0.05) is 5.56 Å². The summed E-state index contributed by atoms with van der Waals surface area (Å²) in [4.78, 5) is 23.4. The standard InChI is InChI=1S/C17H16FNO5/c1-23-17(22)15(10-20)19-16(21)11-2-6-13(7-3-11)24-14-8-4-12(18)5-9-14/h2-9,15,20H,10H2,1H3,(H,19,21). The van der Waals surface area contributed by atoms with Crippen molar-refractivity contribution in [2.45, 2.75) is 6.04 Å². The van der Waals surface area contributed by atoms with E-state index in [0.717, 1.165) is 0 Å². The molecule has 24 heavy (non-hydrogen) atoms. The number of hydrogen-bond donors (Lipinski definition) is 2. The molecule has 2 N–H and O–H groups in total. The van der Waals surface area contributed by atoms with Gasteiger partial charge < -0.3 is 19.9 Å². The van der Waals surface area contributed by atoms with Gasteiger partial charge in [-0.05, 0) is 48.5 Å². The number of hydrogen-bond acceptors (Lipinski definition) is 5. The predicted octanol–water partition coefficient (Wildman–Crippen LogP) is 1.88. The Hall–Kier alpha value is -2.93. The van der Waals surface area contributed by atoms with Crippen molar-refractivity contribution in [3.05, 3.63) is 59.9 Å². The molecule has 126 valence electrons. The van der Waals surface area contributed by atoms with Crippen LogP contribution in [0.2, 0.25) is 0 Å². The SMILES string of the molecule is COC(=O)C(CO)NC(=O)c1ccc(Oc2ccc(F)cc2)cc1. The van der Waals surface area contributed by atoms with Gasteiger partial charge in [-0.2, -0.15) is 0 Å². The number of aliphatic hydroxyl groups excluding tert-OH is 1. The van der Waals surface area contributed by atoms with Gasteiger partial charge >= 0.3 is 5.97 Å². The number of carbonyl (C=O) groups is 2. The summed E-state index contributed by atoms with van der Waals surface area (Å²) >= 11 is 0. The maximum Gasteiger partial charge on any atom is 0.330 e. The first kappa shape index (κ1) is 17.4. The smallest absolute Gasteiger partial charge is 0.330 e. The van der Waals surface area contributed by atoms with Crippen molar-refractivity contribution in [3.63, 3.8) is 0 Å². The van der Waals surface area contributed by atoms with Crippen molar-refractivity contribution in [2.75, 3.05) is 13.7 Å². The number of esters is 1. The van der Waals surface area contributed by atoms with Gasteiger partial charge in [-0.25, -0.2) is 9.18 Å². The molecule has 6 nitrogen and oxygen atoms in total. The molecule has 0 saturated heterocycles. The zero-order valence-electron chi connectivity index (χ0n) is 12.9. The summed E-state index contributed by atoms with van der Waals surface area (Å²) in [7, 11) is 1.17. The van der Waals surface area contributed by atoms with Crippen LogP contribution in [0.1, 0.15) is 10.4 Å². The maximum absolute atomic E-state index is 12.8. The lowest BCUT2D eigenvalue weighted by Crippen LogP contribution is -2.44. The third-order valence-corrected chi connectivity index (χ3v) is 3.14. The number of methoxy groups -OCH3 is 1. The first-order chi connectivity index (χ1) is 11.5. The van der Waals surface area contributed by atoms with E-state index in [-0.39, 0.29) is 11.4 Å². The highest BCUT2D eigenvalue weighted by molar-refractivity contribution is 5.96. The van der Waals surface area contributed by atoms with Gasteiger partial charge in [-0.1, -0.05) is 0 Å². The van der Waals surface area contributed by atoms with Crippen LogP contribution >= 0.6 is 0 Å². The molecule has 2 rings (SSSR count). The maximum atomic E-state index is 12.8. The molecule has 0 saturated carbocycles. The molecule has 7 heteroatoms. The van der Waals surface area contributed by atoms with Crippen LogP contribution in [-0.2, 0) is 9.53 Å². The fraction of sp³-hybridized carbons (Fsp3) is 0.176. The van der Waals surface area contributed by atoms with Crippen molar-refractivity contribution in [1.82, 2.24) is 5.32 Å². The molecular formula is C17H16FNO5. The Bertz CT molecular complexity index is 700. The Labute approximate surface area is 137 Å². The van der Waals surface area contributed by atoms with Crippen molar-refractivity contribution in [3.8, 4) is 11.5 Å². The number of aliphatic hydroxyl groups is 1. The van der Waals surface area contributed by atoms with Crippen LogP contribution in [0, 0.1) is 5.82 Å². The van der Waals surface area contributed by atoms with Crippen molar-refractivity contribution < 1.29 is 28.6 Å². The number of amides is 1. The highest BCUT2D eigenvalue weighted by Gasteiger charge is 2.21. The average molecular weight is 333 g/mol. The number of nitrogens with one attached hydrogen (secondary N) is 1. The topological polar surface area (TPSA) is 84.9 Å². The van der Waals surface area contributed by atoms with Gasteiger partial charge in [0.15, 0.2) is 6.04 Å². The number of rotatable bonds is 6. The zero-order chi connectivity index (χ0) is 17.5. The van der Waals surface area contributed by atoms with E-state index < -0.39 is 24.5 Å². The highest BCUT2D eigenvalue weighted by Crippen LogP contribution is 2.21. The Morgan fingerprint density at radius 2 is 1.62 bits per heavy atom. The van der Waals surface area contributed by atoms with Crippen molar-refractivity contribution in [2.24, 2.45) is 0 Å². The van der Waals surface area contributed by atoms with Crippen LogP contribution in [0.5, 0.6) is 11.5 Å². The Morgan fingerprint density at radius 1 is 1.08 bits per heavy atom. The third-order valence-electron chi connectivity index (χ3n) is 3.14. The lowest BCUT2D eigenvalue weighted by molar-refractivity contribution is -0.143. The summed E-state index contributed by atoms with van der Waals surface area (Å²) in [5.74, 6) is -0.710. The molecule has 1 atom stereocenters. The molecular weight excluding hydrogens is 317 g/mol. The van der Waals surface area contributed by atoms with E-state index >= 15 is 0 Å². The summed E-state index contributed by atoms with van der Waals surface area (Å²) in [5.41, 5.74) is 0.281. The van der Waals surface area contributed by atoms with Crippen LogP contribution in [0.25, 0.3) is 0 Å². The summed E-state index contributed by atoms with van der Waals surface area (Å²) in [6, 6.07) is 10.5. The molecule has 0 aromatic heterocycles. The van der Waals surface area contributed by atoms with E-state index in [2.05, 4.69) is 10.1 Å². The second-order valence-corrected chi connectivity index (χ2v) is 4.81. The minimum atomic E-state index is -1.13. The first-order valence-corrected chi connectivity index (χ1v) is 7.06. The van der Waals surface area contributed by atoms with Gasteiger partial charge in [0.1, 0.15) is 17.3 Å². The fourth-order valence-corrected chi connectivity index (χ4v) is 1.88. The monoisotopic (exact) mass is 333 g/mol. The number of ether oxygens (including phenoxy) is 2. The summed E-state index contributed by atoms with van der Waals surface area (Å²) < 4.78 is 22.8. The molecule has 0 spiro atoms. The highest BCUT2D eigenvalue weighted by atomic mass is 19.1. The minimum absolute atomic E-state index is 0.281. The minimum Gasteiger partial charge on any atom is -0.467 e. The largest absolute Gasteiger partial charge is 0.467 e. The van der Waals surface area contributed by atoms with Gasteiger partial charge in [0.05, 0.1) is 13.7 Å². The van der Waals surface area contributed by atoms with Gasteiger partial charge in [0.2, 0.25) is 0 Å². The molecule has 2 aromatic carbocycles. The fourth-order valence-electron chi connectivity index (χ4n) is 1.88. The van der Waals surface area contributed by atoms with Crippen LogP contribution in [0.4, 0.5) is 4.39 Å². The third kappa shape index (κ3) is 4.53. The van der Waals surface area contributed by atoms with E-state index in [1.807, 2.05) is 0 Å². The Morgan fingerprint density at radius 3 is 2.12 bits per heavy atom. The lowest BCUT2D eigenvalue weighted by atomic mass is 10.2. The van der Waals surface area contributed by atoms with Gasteiger partial charge in [-0.3, -0.25) is 4.79 Å². The van der Waals surface area contributed by atoms with E-state index in [9.17, 15) is 14.0 Å². The molecule has 0 aliphatic rings. The lowest BCUT2D eigenvalue weighted by Gasteiger charge is -2.14. The van der Waals surface area contributed by atoms with E-state index in [1.54, 1.807) is 12.1 Å². The molecule has 1 amide bonds. The van der Waals surface area contributed by atoms with Crippen molar-refractivity contribution in [1.29, 1.82) is 0 Å². The first-order valence-electron chi connectivity index (χ1n) is 7.06. The normalized spacial score (nSPS) is 11.5. The van der Waals surface area contributed by atoms with Crippen molar-refractivity contribution >= 4 is 11.9 Å². The van der Waals surface area contributed by atoms with Crippen LogP contribution in [0.15, 0.2) is 48.5 Å². The van der Waals surface area contributed by atoms with E-state index in [1.165, 1.54) is 43.5 Å². The molecule has 0 radical (unpaired) electrons. The number of benzene rings is 2. The molecule has 0 bridgehead atoms. The molecule has 0 heterocycles. The van der Waals surface area contributed by atoms with Gasteiger partial charge in [-0.15, -0.1) is 0 Å². The number of halogens is 1. The summed E-state index contributed by atoms with van der Waals surface area (Å²) in [6.07, 6.45) is 0. The average Bonchev–Trinajstić information content (AvgIpc) is 2.61. The second-order valence-electron chi connectivity index (χ2n) is 4.81. The van der Waals surface area contributed by atoms with Gasteiger partial charge in [0.25, 0.3) is 5.91 Å². The summed E-state index contributed by atoms with van der Waals surface area (Å²) in [5, 5.41) is 11.5. The van der Waals surface area contributed by atoms with Crippen LogP contribution in [-0.4, -0.2) is 36.7 Å². The predicted molar refractivity (Wildman–Crippen MR) is 83.3 cm³/mol. The molecule has 0 fully saturated rings. The quantitative estimate of drug-likeness (QED) is 0.789. The second kappa shape index (κ2) is 8.07. The van der Waals surface area contributed by atoms with E-state index in [0.29, 0.717) is 11.5 Å². The zero-order valence-corrected chi connectivity index (χ0v) is 12.9. The molecule has 0 aliphatic heterocycles. The summed E-state index contributed by atoms with van der Waals surface area (Å²) in [6.45, 7) is -0.565. The molecule has 0 aliphatic carbocycles. The molecule has 1 unspecified atom stereocenters. The number of carbonyl (C=O) groups excluding carboxylic acids is 2. The van der Waals surface area contributed by atoms with E-state index in [4.69, 9.17) is 9.84 Å². The Balaban J connectivity index is 2.01. The van der Waals surface area contributed by atoms with Crippen LogP contribution < -0.4 is 10.1 Å².